The van der Waals surface area contributed by atoms with Crippen LogP contribution >= 0.6 is 0 Å². The lowest BCUT2D eigenvalue weighted by molar-refractivity contribution is -0.141. The smallest absolute Gasteiger partial charge is 0.308 e. The Hall–Kier alpha value is -3.22. The van der Waals surface area contributed by atoms with Gasteiger partial charge in [-0.05, 0) is 36.4 Å². The van der Waals surface area contributed by atoms with E-state index in [1.54, 1.807) is 48.7 Å². The van der Waals surface area contributed by atoms with Gasteiger partial charge in [-0.2, -0.15) is 0 Å². The first-order chi connectivity index (χ1) is 11.5. The number of carboxylic acids is 1. The first kappa shape index (κ1) is 15.7. The molecule has 0 aliphatic carbocycles. The van der Waals surface area contributed by atoms with Crippen molar-refractivity contribution in [1.29, 1.82) is 0 Å². The number of benzene rings is 1. The molecule has 0 radical (unpaired) electrons. The number of hydrogen-bond acceptors (Lipinski definition) is 4. The number of carbonyl (C=O) groups excluding carboxylic acids is 2. The number of anilines is 2. The fourth-order valence-corrected chi connectivity index (χ4v) is 2.54. The molecule has 1 aromatic carbocycles. The Kier molecular flexibility index (Phi) is 4.24. The number of nitrogens with zero attached hydrogens (tertiary/aromatic N) is 2. The minimum atomic E-state index is -0.975. The van der Waals surface area contributed by atoms with E-state index in [0.29, 0.717) is 17.1 Å². The Morgan fingerprint density at radius 2 is 1.92 bits per heavy atom. The highest BCUT2D eigenvalue weighted by molar-refractivity contribution is 6.04. The molecule has 1 saturated heterocycles. The van der Waals surface area contributed by atoms with E-state index in [0.717, 1.165) is 0 Å². The fourth-order valence-electron chi connectivity index (χ4n) is 2.54. The van der Waals surface area contributed by atoms with Gasteiger partial charge in [0.15, 0.2) is 0 Å². The highest BCUT2D eigenvalue weighted by Gasteiger charge is 2.34. The van der Waals surface area contributed by atoms with Gasteiger partial charge in [0.1, 0.15) is 5.82 Å². The molecule has 7 nitrogen and oxygen atoms in total. The summed E-state index contributed by atoms with van der Waals surface area (Å²) in [6.45, 7) is 0.146. The monoisotopic (exact) mass is 325 g/mol. The zero-order valence-corrected chi connectivity index (χ0v) is 12.7. The molecule has 3 rings (SSSR count). The Morgan fingerprint density at radius 1 is 1.17 bits per heavy atom. The molecule has 24 heavy (non-hydrogen) atoms. The summed E-state index contributed by atoms with van der Waals surface area (Å²) < 4.78 is 0. The van der Waals surface area contributed by atoms with Gasteiger partial charge in [-0.25, -0.2) is 4.98 Å². The quantitative estimate of drug-likeness (QED) is 0.892. The molecule has 1 aliphatic heterocycles. The largest absolute Gasteiger partial charge is 0.481 e. The molecular weight excluding hydrogens is 310 g/mol. The predicted molar refractivity (Wildman–Crippen MR) is 86.7 cm³/mol. The number of hydrogen-bond donors (Lipinski definition) is 2. The zero-order chi connectivity index (χ0) is 17.1. The molecule has 0 bridgehead atoms. The Bertz CT molecular complexity index is 774. The standard InChI is InChI=1S/C17H15N3O4/c21-15-9-12(17(23)24)10-20(15)13-6-4-11(5-7-13)16(22)19-14-3-1-2-8-18-14/h1-8,12H,9-10H2,(H,23,24)(H,18,19,22). The van der Waals surface area contributed by atoms with Crippen LogP contribution in [-0.4, -0.2) is 34.4 Å². The van der Waals surface area contributed by atoms with Crippen LogP contribution in [0, 0.1) is 5.92 Å². The third-order valence-electron chi connectivity index (χ3n) is 3.82. The molecule has 2 aromatic rings. The van der Waals surface area contributed by atoms with Gasteiger partial charge in [0.25, 0.3) is 5.91 Å². The van der Waals surface area contributed by atoms with E-state index in [9.17, 15) is 14.4 Å². The van der Waals surface area contributed by atoms with E-state index in [1.807, 2.05) is 0 Å². The van der Waals surface area contributed by atoms with E-state index < -0.39 is 11.9 Å². The van der Waals surface area contributed by atoms with Crippen LogP contribution in [0.2, 0.25) is 0 Å². The third kappa shape index (κ3) is 3.24. The number of amides is 2. The maximum Gasteiger partial charge on any atom is 0.308 e. The molecule has 2 N–H and O–H groups in total. The predicted octanol–water partition coefficient (Wildman–Crippen LogP) is 1.77. The molecule has 1 aromatic heterocycles. The molecule has 0 saturated carbocycles. The number of pyridine rings is 1. The van der Waals surface area contributed by atoms with Gasteiger partial charge in [-0.1, -0.05) is 6.07 Å². The van der Waals surface area contributed by atoms with Crippen molar-refractivity contribution in [2.75, 3.05) is 16.8 Å². The molecule has 2 heterocycles. The van der Waals surface area contributed by atoms with Crippen molar-refractivity contribution >= 4 is 29.3 Å². The van der Waals surface area contributed by atoms with Crippen molar-refractivity contribution in [3.63, 3.8) is 0 Å². The molecule has 122 valence electrons. The van der Waals surface area contributed by atoms with E-state index in [2.05, 4.69) is 10.3 Å². The Morgan fingerprint density at radius 3 is 2.50 bits per heavy atom. The van der Waals surface area contributed by atoms with Crippen LogP contribution in [0.4, 0.5) is 11.5 Å². The number of nitrogens with one attached hydrogen (secondary N) is 1. The summed E-state index contributed by atoms with van der Waals surface area (Å²) in [5.74, 6) is -1.75. The summed E-state index contributed by atoms with van der Waals surface area (Å²) in [4.78, 5) is 40.5. The number of aliphatic carboxylic acids is 1. The third-order valence-corrected chi connectivity index (χ3v) is 3.82. The summed E-state index contributed by atoms with van der Waals surface area (Å²) in [7, 11) is 0. The molecule has 0 spiro atoms. The van der Waals surface area contributed by atoms with Crippen molar-refractivity contribution in [1.82, 2.24) is 4.98 Å². The van der Waals surface area contributed by atoms with E-state index in [4.69, 9.17) is 5.11 Å². The minimum absolute atomic E-state index is 0.00273. The minimum Gasteiger partial charge on any atom is -0.481 e. The maximum absolute atomic E-state index is 12.1. The average Bonchev–Trinajstić information content (AvgIpc) is 2.98. The molecule has 2 amide bonds. The normalized spacial score (nSPS) is 16.9. The molecule has 1 aliphatic rings. The van der Waals surface area contributed by atoms with Crippen molar-refractivity contribution < 1.29 is 19.5 Å². The molecule has 1 atom stereocenters. The zero-order valence-electron chi connectivity index (χ0n) is 12.7. The van der Waals surface area contributed by atoms with Gasteiger partial charge in [0, 0.05) is 30.4 Å². The van der Waals surface area contributed by atoms with E-state index in [-0.39, 0.29) is 24.8 Å². The molecule has 7 heteroatoms. The second-order valence-corrected chi connectivity index (χ2v) is 5.46. The topological polar surface area (TPSA) is 99.6 Å². The summed E-state index contributed by atoms with van der Waals surface area (Å²) in [5, 5.41) is 11.7. The van der Waals surface area contributed by atoms with Crippen LogP contribution in [-0.2, 0) is 9.59 Å². The number of carbonyl (C=O) groups is 3. The summed E-state index contributed by atoms with van der Waals surface area (Å²) >= 11 is 0. The number of carboxylic acid groups (broad SMARTS) is 1. The highest BCUT2D eigenvalue weighted by Crippen LogP contribution is 2.25. The number of aromatic nitrogens is 1. The van der Waals surface area contributed by atoms with E-state index >= 15 is 0 Å². The Balaban J connectivity index is 1.70. The first-order valence-corrected chi connectivity index (χ1v) is 7.40. The highest BCUT2D eigenvalue weighted by atomic mass is 16.4. The van der Waals surface area contributed by atoms with Gasteiger partial charge in [0.05, 0.1) is 5.92 Å². The van der Waals surface area contributed by atoms with Crippen molar-refractivity contribution in [3.05, 3.63) is 54.2 Å². The number of rotatable bonds is 4. The van der Waals surface area contributed by atoms with Gasteiger partial charge < -0.3 is 15.3 Å². The lowest BCUT2D eigenvalue weighted by Gasteiger charge is -2.16. The molecular formula is C17H15N3O4. The maximum atomic E-state index is 12.1. The van der Waals surface area contributed by atoms with Gasteiger partial charge in [0.2, 0.25) is 5.91 Å². The van der Waals surface area contributed by atoms with E-state index in [1.165, 1.54) is 4.90 Å². The van der Waals surface area contributed by atoms with Crippen molar-refractivity contribution in [2.24, 2.45) is 5.92 Å². The summed E-state index contributed by atoms with van der Waals surface area (Å²) in [6, 6.07) is 11.7. The average molecular weight is 325 g/mol. The van der Waals surface area contributed by atoms with Crippen LogP contribution in [0.25, 0.3) is 0 Å². The van der Waals surface area contributed by atoms with Gasteiger partial charge >= 0.3 is 5.97 Å². The molecule has 1 unspecified atom stereocenters. The SMILES string of the molecule is O=C(Nc1ccccn1)c1ccc(N2CC(C(=O)O)CC2=O)cc1. The lowest BCUT2D eigenvalue weighted by atomic mass is 10.1. The van der Waals surface area contributed by atoms with Gasteiger partial charge in [-0.3, -0.25) is 14.4 Å². The van der Waals surface area contributed by atoms with Crippen LogP contribution in [0.1, 0.15) is 16.8 Å². The fraction of sp³-hybridized carbons (Fsp3) is 0.176. The lowest BCUT2D eigenvalue weighted by Crippen LogP contribution is -2.25. The van der Waals surface area contributed by atoms with Gasteiger partial charge in [-0.15, -0.1) is 0 Å². The van der Waals surface area contributed by atoms with Crippen LogP contribution in [0.15, 0.2) is 48.7 Å². The van der Waals surface area contributed by atoms with Crippen molar-refractivity contribution in [3.8, 4) is 0 Å². The van der Waals surface area contributed by atoms with Crippen LogP contribution in [0.3, 0.4) is 0 Å². The second kappa shape index (κ2) is 6.49. The van der Waals surface area contributed by atoms with Crippen LogP contribution in [0.5, 0.6) is 0 Å². The second-order valence-electron chi connectivity index (χ2n) is 5.46. The first-order valence-electron chi connectivity index (χ1n) is 7.40. The van der Waals surface area contributed by atoms with Crippen LogP contribution < -0.4 is 10.2 Å². The summed E-state index contributed by atoms with van der Waals surface area (Å²) in [5.41, 5.74) is 1.00. The van der Waals surface area contributed by atoms with Crippen molar-refractivity contribution in [2.45, 2.75) is 6.42 Å². The molecule has 1 fully saturated rings. The summed E-state index contributed by atoms with van der Waals surface area (Å²) in [6.07, 6.45) is 1.58. The Labute approximate surface area is 137 Å².